The van der Waals surface area contributed by atoms with Crippen LogP contribution in [0, 0.1) is 6.92 Å². The topological polar surface area (TPSA) is 23.4 Å². The first kappa shape index (κ1) is 38.0. The molecule has 0 amide bonds. The van der Waals surface area contributed by atoms with Crippen LogP contribution in [0.1, 0.15) is 107 Å². The monoisotopic (exact) mass is 841 g/mol. The van der Waals surface area contributed by atoms with Crippen molar-refractivity contribution in [2.24, 2.45) is 0 Å². The van der Waals surface area contributed by atoms with Gasteiger partial charge >= 0.3 is 0 Å². The largest absolute Gasteiger partial charge is 0.491 e. The molecule has 2 heterocycles. The molecule has 0 fully saturated rings. The molecule has 0 atom stereocenters. The van der Waals surface area contributed by atoms with Gasteiger partial charge in [0.25, 0.3) is 0 Å². The van der Waals surface area contributed by atoms with Crippen LogP contribution < -0.4 is 9.47 Å². The molecular weight excluding hydrogens is 791 g/mol. The fraction of sp³-hybridized carbons (Fsp3) is 0.360. The molecule has 3 nitrogen and oxygen atoms in total. The Morgan fingerprint density at radius 3 is 1.64 bits per heavy atom. The van der Waals surface area contributed by atoms with E-state index in [-0.39, 0.29) is 4.58 Å². The maximum atomic E-state index is 6.93. The van der Waals surface area contributed by atoms with Gasteiger partial charge in [0.15, 0.2) is 0 Å². The zero-order chi connectivity index (χ0) is 38.2. The summed E-state index contributed by atoms with van der Waals surface area (Å²) in [6.45, 7) is 8.13. The molecule has 6 heteroatoms. The third-order valence-corrected chi connectivity index (χ3v) is 15.3. The molecule has 1 aromatic heterocycles. The Kier molecular flexibility index (Phi) is 11.3. The molecule has 0 bridgehead atoms. The molecule has 8 aromatic rings. The minimum atomic E-state index is 0.243. The summed E-state index contributed by atoms with van der Waals surface area (Å²) in [5.74, 6) is 1.82. The molecule has 0 spiro atoms. The van der Waals surface area contributed by atoms with Crippen molar-refractivity contribution in [2.75, 3.05) is 13.2 Å². The fourth-order valence-electron chi connectivity index (χ4n) is 9.09. The molecule has 0 saturated carbocycles. The molecule has 9 rings (SSSR count). The summed E-state index contributed by atoms with van der Waals surface area (Å²) in [7, 11) is 0. The summed E-state index contributed by atoms with van der Waals surface area (Å²) in [6, 6.07) is 32.0. The lowest BCUT2D eigenvalue weighted by Gasteiger charge is -2.21. The second-order valence-corrected chi connectivity index (χ2v) is 19.2. The number of unbranched alkanes of at least 4 members (excludes halogenated alkanes) is 10. The van der Waals surface area contributed by atoms with Crippen molar-refractivity contribution in [3.05, 3.63) is 101 Å². The Bertz CT molecular complexity index is 2560. The van der Waals surface area contributed by atoms with E-state index < -0.39 is 0 Å². The minimum absolute atomic E-state index is 0.243. The van der Waals surface area contributed by atoms with Crippen LogP contribution in [0.5, 0.6) is 11.5 Å². The first-order chi connectivity index (χ1) is 27.6. The van der Waals surface area contributed by atoms with Gasteiger partial charge in [-0.15, -0.1) is 23.5 Å². The lowest BCUT2D eigenvalue weighted by Crippen LogP contribution is -2.08. The molecular formula is C50H52BrNO2S2. The number of benzene rings is 7. The summed E-state index contributed by atoms with van der Waals surface area (Å²) in [5.41, 5.74) is 5.96. The van der Waals surface area contributed by atoms with Gasteiger partial charge in [-0.2, -0.15) is 0 Å². The van der Waals surface area contributed by atoms with Crippen molar-refractivity contribution in [2.45, 2.75) is 112 Å². The molecule has 7 aromatic carbocycles. The van der Waals surface area contributed by atoms with E-state index in [1.54, 1.807) is 0 Å². The molecule has 288 valence electrons. The normalized spacial score (nSPS) is 13.4. The Morgan fingerprint density at radius 1 is 0.554 bits per heavy atom. The van der Waals surface area contributed by atoms with Crippen molar-refractivity contribution in [3.63, 3.8) is 0 Å². The van der Waals surface area contributed by atoms with Crippen molar-refractivity contribution in [1.29, 1.82) is 0 Å². The predicted octanol–water partition coefficient (Wildman–Crippen LogP) is 16.6. The van der Waals surface area contributed by atoms with E-state index in [9.17, 15) is 0 Å². The van der Waals surface area contributed by atoms with Crippen LogP contribution in [-0.4, -0.2) is 17.8 Å². The number of thioether (sulfide) groups is 2. The molecule has 0 unspecified atom stereocenters. The van der Waals surface area contributed by atoms with Gasteiger partial charge in [0.1, 0.15) is 17.2 Å². The second kappa shape index (κ2) is 16.7. The second-order valence-electron chi connectivity index (χ2n) is 15.8. The molecule has 0 N–H and O–H groups in total. The Morgan fingerprint density at radius 2 is 1.05 bits per heavy atom. The standard InChI is InChI=1S/C50H52BrNO2S2/c1-4-6-8-10-12-16-26-53-41-28-32(3)29-42(54-27-17-13-11-9-7-5-2)49(41)52-39-30-37(50-55-43-24-14-15-25-44(43)56-50)35-22-18-20-33-34-21-19-23-36-38(51)31-40(52)48(46(34)36)47(39)45(33)35/h14-15,18-25,28-31,50H,4-13,16-17,26-27H2,1-3H3. The van der Waals surface area contributed by atoms with Crippen molar-refractivity contribution in [1.82, 2.24) is 4.57 Å². The van der Waals surface area contributed by atoms with Gasteiger partial charge in [-0.05, 0) is 94.2 Å². The number of aryl methyl sites for hydroxylation is 1. The highest BCUT2D eigenvalue weighted by atomic mass is 79.9. The van der Waals surface area contributed by atoms with Gasteiger partial charge in [-0.3, -0.25) is 0 Å². The smallest absolute Gasteiger partial charge is 0.147 e. The number of ether oxygens (including phenoxy) is 2. The highest BCUT2D eigenvalue weighted by Gasteiger charge is 2.31. The van der Waals surface area contributed by atoms with Crippen LogP contribution in [0.3, 0.4) is 0 Å². The average Bonchev–Trinajstić information content (AvgIpc) is 3.79. The zero-order valence-corrected chi connectivity index (χ0v) is 36.2. The molecule has 56 heavy (non-hydrogen) atoms. The van der Waals surface area contributed by atoms with Gasteiger partial charge in [0.2, 0.25) is 0 Å². The third-order valence-electron chi connectivity index (χ3n) is 11.8. The lowest BCUT2D eigenvalue weighted by atomic mass is 9.88. The number of hydrogen-bond acceptors (Lipinski definition) is 4. The highest BCUT2D eigenvalue weighted by molar-refractivity contribution is 9.10. The molecule has 1 aliphatic rings. The van der Waals surface area contributed by atoms with E-state index in [4.69, 9.17) is 9.47 Å². The summed E-state index contributed by atoms with van der Waals surface area (Å²) in [5, 5.41) is 10.6. The summed E-state index contributed by atoms with van der Waals surface area (Å²) in [6.07, 6.45) is 14.8. The maximum absolute atomic E-state index is 6.93. The average molecular weight is 843 g/mol. The third kappa shape index (κ3) is 6.92. The predicted molar refractivity (Wildman–Crippen MR) is 247 cm³/mol. The van der Waals surface area contributed by atoms with Crippen LogP contribution in [0.15, 0.2) is 99.2 Å². The number of aromatic nitrogens is 1. The molecule has 0 aliphatic carbocycles. The van der Waals surface area contributed by atoms with E-state index in [1.807, 2.05) is 23.5 Å². The first-order valence-electron chi connectivity index (χ1n) is 21.1. The van der Waals surface area contributed by atoms with Crippen LogP contribution in [-0.2, 0) is 0 Å². The van der Waals surface area contributed by atoms with E-state index in [0.717, 1.165) is 40.1 Å². The van der Waals surface area contributed by atoms with Crippen molar-refractivity contribution < 1.29 is 9.47 Å². The first-order valence-corrected chi connectivity index (χ1v) is 23.6. The number of rotatable bonds is 18. The number of fused-ring (bicyclic) bond motifs is 2. The maximum Gasteiger partial charge on any atom is 0.147 e. The SMILES string of the molecule is CCCCCCCCOc1cc(C)cc(OCCCCCCCC)c1-n1c2cc(Br)c3cccc4c5cccc6c(C7Sc8ccccc8S7)cc1c(c65)c2c34. The van der Waals surface area contributed by atoms with Gasteiger partial charge in [-0.25, -0.2) is 0 Å². The highest BCUT2D eigenvalue weighted by Crippen LogP contribution is 2.60. The Hall–Kier alpha value is -3.58. The van der Waals surface area contributed by atoms with Crippen LogP contribution >= 0.6 is 39.5 Å². The Balaban J connectivity index is 1.26. The van der Waals surface area contributed by atoms with Gasteiger partial charge in [0, 0.05) is 30.4 Å². The van der Waals surface area contributed by atoms with E-state index in [0.29, 0.717) is 13.2 Å². The van der Waals surface area contributed by atoms with Crippen LogP contribution in [0.4, 0.5) is 0 Å². The van der Waals surface area contributed by atoms with Gasteiger partial charge < -0.3 is 14.0 Å². The van der Waals surface area contributed by atoms with Crippen molar-refractivity contribution in [3.8, 4) is 17.2 Å². The van der Waals surface area contributed by atoms with Crippen LogP contribution in [0.2, 0.25) is 0 Å². The summed E-state index contributed by atoms with van der Waals surface area (Å²) < 4.78 is 17.7. The van der Waals surface area contributed by atoms with E-state index >= 15 is 0 Å². The fourth-order valence-corrected chi connectivity index (χ4v) is 12.5. The molecule has 0 radical (unpaired) electrons. The summed E-state index contributed by atoms with van der Waals surface area (Å²) in [4.78, 5) is 2.73. The molecule has 0 saturated heterocycles. The van der Waals surface area contributed by atoms with Gasteiger partial charge in [0.05, 0.1) is 28.8 Å². The van der Waals surface area contributed by atoms with Crippen molar-refractivity contribution >= 4 is 93.6 Å². The minimum Gasteiger partial charge on any atom is -0.491 e. The number of hydrogen-bond donors (Lipinski definition) is 0. The number of halogens is 1. The van der Waals surface area contributed by atoms with E-state index in [1.165, 1.54) is 134 Å². The van der Waals surface area contributed by atoms with Crippen LogP contribution in [0.25, 0.3) is 59.8 Å². The van der Waals surface area contributed by atoms with E-state index in [2.05, 4.69) is 126 Å². The molecule has 1 aliphatic heterocycles. The summed E-state index contributed by atoms with van der Waals surface area (Å²) >= 11 is 8.05. The van der Waals surface area contributed by atoms with Gasteiger partial charge in [-0.1, -0.05) is 143 Å². The lowest BCUT2D eigenvalue weighted by molar-refractivity contribution is 0.288. The zero-order valence-electron chi connectivity index (χ0n) is 33.0. The quantitative estimate of drug-likeness (QED) is 0.0488. The number of nitrogens with zero attached hydrogens (tertiary/aromatic N) is 1. The Labute approximate surface area is 348 Å².